The summed E-state index contributed by atoms with van der Waals surface area (Å²) in [5.41, 5.74) is 0.955. The Morgan fingerprint density at radius 1 is 1.12 bits per heavy atom. The molecular formula is C17H24O7. The molecule has 0 aliphatic rings. The number of rotatable bonds is 14. The smallest absolute Gasteiger partial charge is 0.303 e. The van der Waals surface area contributed by atoms with Gasteiger partial charge in [0.2, 0.25) is 0 Å². The lowest BCUT2D eigenvalue weighted by molar-refractivity contribution is -0.150. The number of aliphatic carboxylic acids is 1. The first-order chi connectivity index (χ1) is 11.6. The molecule has 0 fully saturated rings. The summed E-state index contributed by atoms with van der Waals surface area (Å²) in [6, 6.07) is 9.46. The van der Waals surface area contributed by atoms with Gasteiger partial charge in [-0.3, -0.25) is 9.59 Å². The minimum atomic E-state index is -0.984. The van der Waals surface area contributed by atoms with Crippen molar-refractivity contribution in [2.24, 2.45) is 0 Å². The Bertz CT molecular complexity index is 475. The average molecular weight is 340 g/mol. The quantitative estimate of drug-likeness (QED) is 0.407. The maximum Gasteiger partial charge on any atom is 0.303 e. The number of carboxylic acid groups (broad SMARTS) is 1. The molecule has 0 aromatic heterocycles. The van der Waals surface area contributed by atoms with Gasteiger partial charge in [-0.2, -0.15) is 0 Å². The number of benzene rings is 1. The summed E-state index contributed by atoms with van der Waals surface area (Å²) in [7, 11) is 1.55. The van der Waals surface area contributed by atoms with Crippen LogP contribution in [0.5, 0.6) is 0 Å². The van der Waals surface area contributed by atoms with E-state index < -0.39 is 12.1 Å². The van der Waals surface area contributed by atoms with Crippen LogP contribution in [0.25, 0.3) is 0 Å². The van der Waals surface area contributed by atoms with Crippen LogP contribution in [0.3, 0.4) is 0 Å². The Labute approximate surface area is 141 Å². The van der Waals surface area contributed by atoms with Crippen LogP contribution < -0.4 is 0 Å². The lowest BCUT2D eigenvalue weighted by Crippen LogP contribution is -2.30. The molecule has 0 saturated carbocycles. The van der Waals surface area contributed by atoms with Crippen molar-refractivity contribution in [2.75, 3.05) is 33.7 Å². The Morgan fingerprint density at radius 2 is 1.88 bits per heavy atom. The molecule has 1 atom stereocenters. The molecule has 1 rings (SSSR count). The third-order valence-electron chi connectivity index (χ3n) is 3.12. The van der Waals surface area contributed by atoms with E-state index in [0.29, 0.717) is 19.8 Å². The van der Waals surface area contributed by atoms with E-state index in [1.165, 1.54) is 0 Å². The first kappa shape index (κ1) is 20.2. The molecule has 0 saturated heterocycles. The highest BCUT2D eigenvalue weighted by Gasteiger charge is 2.20. The van der Waals surface area contributed by atoms with Crippen molar-refractivity contribution in [1.82, 2.24) is 0 Å². The van der Waals surface area contributed by atoms with Crippen LogP contribution in [0.1, 0.15) is 18.4 Å². The number of carbonyl (C=O) groups excluding carboxylic acids is 1. The number of ether oxygens (including phenoxy) is 4. The predicted octanol–water partition coefficient (Wildman–Crippen LogP) is 1.64. The zero-order chi connectivity index (χ0) is 17.6. The molecular weight excluding hydrogens is 316 g/mol. The van der Waals surface area contributed by atoms with Crippen LogP contribution in [0, 0.1) is 0 Å². The van der Waals surface area contributed by atoms with Gasteiger partial charge in [0.05, 0.1) is 19.8 Å². The van der Waals surface area contributed by atoms with Crippen LogP contribution in [0.4, 0.5) is 0 Å². The number of hydrogen-bond donors (Lipinski definition) is 1. The van der Waals surface area contributed by atoms with E-state index in [4.69, 9.17) is 24.1 Å². The zero-order valence-corrected chi connectivity index (χ0v) is 13.8. The molecule has 0 bridgehead atoms. The molecule has 1 aromatic carbocycles. The van der Waals surface area contributed by atoms with E-state index in [9.17, 15) is 9.59 Å². The highest BCUT2D eigenvalue weighted by molar-refractivity contribution is 5.84. The number of ketones is 1. The summed E-state index contributed by atoms with van der Waals surface area (Å²) >= 11 is 0. The predicted molar refractivity (Wildman–Crippen MR) is 85.5 cm³/mol. The van der Waals surface area contributed by atoms with Crippen molar-refractivity contribution in [3.8, 4) is 0 Å². The molecule has 1 unspecified atom stereocenters. The van der Waals surface area contributed by atoms with E-state index in [1.807, 2.05) is 30.3 Å². The van der Waals surface area contributed by atoms with Crippen molar-refractivity contribution in [3.63, 3.8) is 0 Å². The number of Topliss-reactive ketones (excluding diaryl/α,β-unsaturated/α-hetero) is 1. The molecule has 1 N–H and O–H groups in total. The summed E-state index contributed by atoms with van der Waals surface area (Å²) < 4.78 is 20.7. The van der Waals surface area contributed by atoms with E-state index >= 15 is 0 Å². The van der Waals surface area contributed by atoms with Crippen molar-refractivity contribution in [2.45, 2.75) is 25.6 Å². The Morgan fingerprint density at radius 3 is 2.54 bits per heavy atom. The zero-order valence-electron chi connectivity index (χ0n) is 13.8. The molecule has 7 nitrogen and oxygen atoms in total. The molecule has 134 valence electrons. The second-order valence-corrected chi connectivity index (χ2v) is 5.05. The van der Waals surface area contributed by atoms with Crippen molar-refractivity contribution in [3.05, 3.63) is 35.9 Å². The third-order valence-corrected chi connectivity index (χ3v) is 3.12. The van der Waals surface area contributed by atoms with Crippen molar-refractivity contribution >= 4 is 11.8 Å². The van der Waals surface area contributed by atoms with Gasteiger partial charge in [0.15, 0.2) is 5.78 Å². The molecule has 0 spiro atoms. The van der Waals surface area contributed by atoms with E-state index in [2.05, 4.69) is 0 Å². The van der Waals surface area contributed by atoms with Crippen molar-refractivity contribution < 1.29 is 33.6 Å². The fourth-order valence-corrected chi connectivity index (χ4v) is 1.86. The first-order valence-electron chi connectivity index (χ1n) is 7.68. The second kappa shape index (κ2) is 12.6. The molecule has 0 aliphatic heterocycles. The SMILES string of the molecule is COCCOCOC(CCC(=O)O)C(=O)COCc1ccccc1. The fraction of sp³-hybridized carbons (Fsp3) is 0.529. The minimum absolute atomic E-state index is 0.0799. The Balaban J connectivity index is 2.35. The Hall–Kier alpha value is -1.80. The van der Waals surface area contributed by atoms with E-state index in [1.54, 1.807) is 7.11 Å². The topological polar surface area (TPSA) is 91.3 Å². The summed E-state index contributed by atoms with van der Waals surface area (Å²) in [6.45, 7) is 0.816. The summed E-state index contributed by atoms with van der Waals surface area (Å²) in [4.78, 5) is 22.8. The normalized spacial score (nSPS) is 12.0. The maximum atomic E-state index is 12.1. The van der Waals surface area contributed by atoms with E-state index in [-0.39, 0.29) is 32.0 Å². The van der Waals surface area contributed by atoms with Gasteiger partial charge in [0.25, 0.3) is 0 Å². The lowest BCUT2D eigenvalue weighted by Gasteiger charge is -2.16. The summed E-state index contributed by atoms with van der Waals surface area (Å²) in [5, 5.41) is 8.76. The number of carbonyl (C=O) groups is 2. The molecule has 0 radical (unpaired) electrons. The van der Waals surface area contributed by atoms with Gasteiger partial charge in [-0.1, -0.05) is 30.3 Å². The average Bonchev–Trinajstić information content (AvgIpc) is 2.58. The largest absolute Gasteiger partial charge is 0.481 e. The standard InChI is InChI=1S/C17H24O7/c1-21-9-10-22-13-24-16(7-8-17(19)20)15(18)12-23-11-14-5-3-2-4-6-14/h2-6,16H,7-13H2,1H3,(H,19,20). The molecule has 0 heterocycles. The molecule has 1 aromatic rings. The number of hydrogen-bond acceptors (Lipinski definition) is 6. The highest BCUT2D eigenvalue weighted by Crippen LogP contribution is 2.07. The lowest BCUT2D eigenvalue weighted by atomic mass is 10.1. The van der Waals surface area contributed by atoms with Crippen LogP contribution in [0.2, 0.25) is 0 Å². The van der Waals surface area contributed by atoms with Gasteiger partial charge in [-0.15, -0.1) is 0 Å². The van der Waals surface area contributed by atoms with Gasteiger partial charge in [-0.05, 0) is 12.0 Å². The van der Waals surface area contributed by atoms with Crippen LogP contribution >= 0.6 is 0 Å². The van der Waals surface area contributed by atoms with Gasteiger partial charge >= 0.3 is 5.97 Å². The van der Waals surface area contributed by atoms with Crippen LogP contribution in [0.15, 0.2) is 30.3 Å². The van der Waals surface area contributed by atoms with Crippen LogP contribution in [-0.2, 0) is 35.1 Å². The molecule has 24 heavy (non-hydrogen) atoms. The van der Waals surface area contributed by atoms with Crippen molar-refractivity contribution in [1.29, 1.82) is 0 Å². The minimum Gasteiger partial charge on any atom is -0.481 e. The van der Waals surface area contributed by atoms with Gasteiger partial charge in [0.1, 0.15) is 19.5 Å². The monoisotopic (exact) mass is 340 g/mol. The molecule has 7 heteroatoms. The number of methoxy groups -OCH3 is 1. The summed E-state index contributed by atoms with van der Waals surface area (Å²) in [5.74, 6) is -1.29. The highest BCUT2D eigenvalue weighted by atomic mass is 16.7. The fourth-order valence-electron chi connectivity index (χ4n) is 1.86. The third kappa shape index (κ3) is 9.36. The second-order valence-electron chi connectivity index (χ2n) is 5.05. The molecule has 0 aliphatic carbocycles. The summed E-state index contributed by atoms with van der Waals surface area (Å²) in [6.07, 6.45) is -0.941. The van der Waals surface area contributed by atoms with Gasteiger partial charge < -0.3 is 24.1 Å². The maximum absolute atomic E-state index is 12.1. The Kier molecular flexibility index (Phi) is 10.6. The van der Waals surface area contributed by atoms with Crippen LogP contribution in [-0.4, -0.2) is 56.7 Å². The number of carboxylic acids is 1. The first-order valence-corrected chi connectivity index (χ1v) is 7.68. The van der Waals surface area contributed by atoms with E-state index in [0.717, 1.165) is 5.56 Å². The van der Waals surface area contributed by atoms with Gasteiger partial charge in [0, 0.05) is 13.5 Å². The molecule has 0 amide bonds. The van der Waals surface area contributed by atoms with Gasteiger partial charge in [-0.25, -0.2) is 0 Å².